The summed E-state index contributed by atoms with van der Waals surface area (Å²) < 4.78 is 31.6. The standard InChI is InChI=1S/C20H19F2N5O2/c21-13-3-1-12(2-4-13)17-9-18(27-26-17)19(28)25-15-5-7-16(8-6-15)29-20-23-10-14(22)11-24-20/h1-4,9-11,15-16H,5-8H2,(H,25,28)(H,26,27). The summed E-state index contributed by atoms with van der Waals surface area (Å²) in [5, 5.41) is 9.85. The van der Waals surface area contributed by atoms with Crippen molar-refractivity contribution in [3.8, 4) is 17.3 Å². The van der Waals surface area contributed by atoms with Gasteiger partial charge in [0.1, 0.15) is 17.6 Å². The minimum Gasteiger partial charge on any atom is -0.460 e. The van der Waals surface area contributed by atoms with Crippen LogP contribution in [0.4, 0.5) is 8.78 Å². The van der Waals surface area contributed by atoms with Crippen molar-refractivity contribution >= 4 is 5.91 Å². The van der Waals surface area contributed by atoms with E-state index in [9.17, 15) is 13.6 Å². The zero-order valence-corrected chi connectivity index (χ0v) is 15.4. The Hall–Kier alpha value is -3.36. The van der Waals surface area contributed by atoms with E-state index >= 15 is 0 Å². The number of amides is 1. The lowest BCUT2D eigenvalue weighted by molar-refractivity contribution is 0.0880. The van der Waals surface area contributed by atoms with Gasteiger partial charge in [0.05, 0.1) is 18.1 Å². The van der Waals surface area contributed by atoms with Gasteiger partial charge in [-0.2, -0.15) is 5.10 Å². The molecule has 0 saturated heterocycles. The second-order valence-corrected chi connectivity index (χ2v) is 6.92. The first-order chi connectivity index (χ1) is 14.1. The molecular weight excluding hydrogens is 380 g/mol. The van der Waals surface area contributed by atoms with Gasteiger partial charge in [0, 0.05) is 11.6 Å². The molecule has 3 aromatic rings. The number of ether oxygens (including phenoxy) is 1. The predicted molar refractivity (Wildman–Crippen MR) is 100 cm³/mol. The van der Waals surface area contributed by atoms with E-state index in [4.69, 9.17) is 4.74 Å². The summed E-state index contributed by atoms with van der Waals surface area (Å²) in [6.07, 6.45) is 5.03. The van der Waals surface area contributed by atoms with E-state index in [-0.39, 0.29) is 29.9 Å². The summed E-state index contributed by atoms with van der Waals surface area (Å²) in [4.78, 5) is 20.1. The molecule has 0 unspecified atom stereocenters. The second-order valence-electron chi connectivity index (χ2n) is 6.92. The number of nitrogens with one attached hydrogen (secondary N) is 2. The fourth-order valence-corrected chi connectivity index (χ4v) is 3.31. The predicted octanol–water partition coefficient (Wildman–Crippen LogP) is 3.26. The van der Waals surface area contributed by atoms with E-state index in [0.29, 0.717) is 11.4 Å². The Morgan fingerprint density at radius 1 is 1.03 bits per heavy atom. The Kier molecular flexibility index (Phi) is 5.46. The van der Waals surface area contributed by atoms with Gasteiger partial charge in [0.15, 0.2) is 5.82 Å². The smallest absolute Gasteiger partial charge is 0.316 e. The molecule has 1 saturated carbocycles. The van der Waals surface area contributed by atoms with Crippen LogP contribution in [0.2, 0.25) is 0 Å². The fraction of sp³-hybridized carbons (Fsp3) is 0.300. The zero-order valence-electron chi connectivity index (χ0n) is 15.4. The third-order valence-electron chi connectivity index (χ3n) is 4.84. The number of hydrogen-bond donors (Lipinski definition) is 2. The number of carbonyl (C=O) groups excluding carboxylic acids is 1. The molecule has 0 aliphatic heterocycles. The molecule has 4 rings (SSSR count). The van der Waals surface area contributed by atoms with Crippen LogP contribution in [0.25, 0.3) is 11.3 Å². The molecular formula is C20H19F2N5O2. The highest BCUT2D eigenvalue weighted by molar-refractivity contribution is 5.93. The summed E-state index contributed by atoms with van der Waals surface area (Å²) in [6.45, 7) is 0. The van der Waals surface area contributed by atoms with Gasteiger partial charge in [-0.05, 0) is 56.0 Å². The minimum atomic E-state index is -0.509. The third-order valence-corrected chi connectivity index (χ3v) is 4.84. The molecule has 1 amide bonds. The number of rotatable bonds is 5. The Morgan fingerprint density at radius 2 is 1.72 bits per heavy atom. The molecule has 0 atom stereocenters. The van der Waals surface area contributed by atoms with Crippen molar-refractivity contribution in [2.24, 2.45) is 0 Å². The number of H-pyrrole nitrogens is 1. The molecule has 0 radical (unpaired) electrons. The van der Waals surface area contributed by atoms with Crippen molar-refractivity contribution in [1.82, 2.24) is 25.5 Å². The summed E-state index contributed by atoms with van der Waals surface area (Å²) in [5.41, 5.74) is 1.65. The molecule has 9 heteroatoms. The summed E-state index contributed by atoms with van der Waals surface area (Å²) in [7, 11) is 0. The van der Waals surface area contributed by atoms with Crippen LogP contribution >= 0.6 is 0 Å². The molecule has 150 valence electrons. The van der Waals surface area contributed by atoms with Crippen LogP contribution in [0.3, 0.4) is 0 Å². The Morgan fingerprint density at radius 3 is 2.41 bits per heavy atom. The van der Waals surface area contributed by atoms with Crippen molar-refractivity contribution in [1.29, 1.82) is 0 Å². The molecule has 1 aliphatic rings. The number of aromatic nitrogens is 4. The summed E-state index contributed by atoms with van der Waals surface area (Å²) >= 11 is 0. The first kappa shape index (κ1) is 19.0. The lowest BCUT2D eigenvalue weighted by Crippen LogP contribution is -2.40. The number of nitrogens with zero attached hydrogens (tertiary/aromatic N) is 3. The number of benzene rings is 1. The van der Waals surface area contributed by atoms with Crippen LogP contribution in [-0.2, 0) is 0 Å². The molecule has 7 nitrogen and oxygen atoms in total. The average molecular weight is 399 g/mol. The van der Waals surface area contributed by atoms with Crippen molar-refractivity contribution in [2.45, 2.75) is 37.8 Å². The summed E-state index contributed by atoms with van der Waals surface area (Å²) in [6, 6.07) is 7.74. The highest BCUT2D eigenvalue weighted by Gasteiger charge is 2.25. The molecule has 0 bridgehead atoms. The van der Waals surface area contributed by atoms with Crippen molar-refractivity contribution < 1.29 is 18.3 Å². The Balaban J connectivity index is 1.28. The SMILES string of the molecule is O=C(NC1CCC(Oc2ncc(F)cn2)CC1)c1cc(-c2ccc(F)cc2)n[nH]1. The first-order valence-electron chi connectivity index (χ1n) is 9.33. The van der Waals surface area contributed by atoms with Crippen LogP contribution in [0.15, 0.2) is 42.7 Å². The fourth-order valence-electron chi connectivity index (χ4n) is 3.31. The van der Waals surface area contributed by atoms with Crippen LogP contribution in [0.5, 0.6) is 6.01 Å². The maximum Gasteiger partial charge on any atom is 0.316 e. The molecule has 2 N–H and O–H groups in total. The second kappa shape index (κ2) is 8.34. The molecule has 2 heterocycles. The van der Waals surface area contributed by atoms with E-state index in [1.165, 1.54) is 12.1 Å². The number of aromatic amines is 1. The van der Waals surface area contributed by atoms with E-state index in [1.54, 1.807) is 18.2 Å². The molecule has 29 heavy (non-hydrogen) atoms. The topological polar surface area (TPSA) is 92.8 Å². The molecule has 0 spiro atoms. The maximum atomic E-state index is 13.0. The average Bonchev–Trinajstić information content (AvgIpc) is 3.22. The number of hydrogen-bond acceptors (Lipinski definition) is 5. The highest BCUT2D eigenvalue weighted by atomic mass is 19.1. The normalized spacial score (nSPS) is 19.0. The lowest BCUT2D eigenvalue weighted by atomic mass is 9.93. The van der Waals surface area contributed by atoms with E-state index < -0.39 is 5.82 Å². The maximum absolute atomic E-state index is 13.0. The van der Waals surface area contributed by atoms with Gasteiger partial charge in [-0.3, -0.25) is 9.89 Å². The van der Waals surface area contributed by atoms with E-state index in [0.717, 1.165) is 43.6 Å². The van der Waals surface area contributed by atoms with Gasteiger partial charge in [0.2, 0.25) is 0 Å². The largest absolute Gasteiger partial charge is 0.460 e. The first-order valence-corrected chi connectivity index (χ1v) is 9.33. The van der Waals surface area contributed by atoms with Gasteiger partial charge in [-0.25, -0.2) is 18.7 Å². The van der Waals surface area contributed by atoms with Crippen molar-refractivity contribution in [2.75, 3.05) is 0 Å². The summed E-state index contributed by atoms with van der Waals surface area (Å²) in [5.74, 6) is -1.07. The number of halogens is 2. The quantitative estimate of drug-likeness (QED) is 0.687. The Bertz CT molecular complexity index is 967. The van der Waals surface area contributed by atoms with Crippen molar-refractivity contribution in [3.05, 3.63) is 60.1 Å². The minimum absolute atomic E-state index is 0.0223. The molecule has 1 fully saturated rings. The monoisotopic (exact) mass is 399 g/mol. The molecule has 1 aliphatic carbocycles. The van der Waals surface area contributed by atoms with Gasteiger partial charge in [-0.1, -0.05) is 0 Å². The molecule has 2 aromatic heterocycles. The highest BCUT2D eigenvalue weighted by Crippen LogP contribution is 2.23. The lowest BCUT2D eigenvalue weighted by Gasteiger charge is -2.28. The third kappa shape index (κ3) is 4.74. The van der Waals surface area contributed by atoms with Crippen LogP contribution in [0.1, 0.15) is 36.2 Å². The molecule has 1 aromatic carbocycles. The van der Waals surface area contributed by atoms with Crippen LogP contribution < -0.4 is 10.1 Å². The van der Waals surface area contributed by atoms with E-state index in [2.05, 4.69) is 25.5 Å². The van der Waals surface area contributed by atoms with Gasteiger partial charge < -0.3 is 10.1 Å². The van der Waals surface area contributed by atoms with Gasteiger partial charge >= 0.3 is 6.01 Å². The van der Waals surface area contributed by atoms with Gasteiger partial charge in [-0.15, -0.1) is 0 Å². The van der Waals surface area contributed by atoms with E-state index in [1.807, 2.05) is 0 Å². The Labute approximate surface area is 165 Å². The number of carbonyl (C=O) groups is 1. The van der Waals surface area contributed by atoms with Crippen LogP contribution in [-0.4, -0.2) is 38.2 Å². The van der Waals surface area contributed by atoms with Crippen molar-refractivity contribution in [3.63, 3.8) is 0 Å². The van der Waals surface area contributed by atoms with Gasteiger partial charge in [0.25, 0.3) is 5.91 Å². The van der Waals surface area contributed by atoms with Crippen LogP contribution in [0, 0.1) is 11.6 Å². The zero-order chi connectivity index (χ0) is 20.2.